The molecule has 2 rings (SSSR count). The second-order valence-corrected chi connectivity index (χ2v) is 3.78. The van der Waals surface area contributed by atoms with Crippen LogP contribution in [0.25, 0.3) is 0 Å². The summed E-state index contributed by atoms with van der Waals surface area (Å²) in [6, 6.07) is 5.31. The molecular weight excluding hydrogens is 253 g/mol. The number of carbonyl (C=O) groups is 2. The lowest BCUT2D eigenvalue weighted by Crippen LogP contribution is -2.34. The van der Waals surface area contributed by atoms with Gasteiger partial charge in [0.25, 0.3) is 5.91 Å². The molecule has 0 saturated heterocycles. The maximum Gasteiger partial charge on any atom is 0.331 e. The van der Waals surface area contributed by atoms with E-state index in [0.717, 1.165) is 6.07 Å². The highest BCUT2D eigenvalue weighted by Crippen LogP contribution is 2.17. The maximum atomic E-state index is 13.6. The van der Waals surface area contributed by atoms with Gasteiger partial charge in [-0.25, -0.2) is 9.18 Å². The average molecular weight is 263 g/mol. The van der Waals surface area contributed by atoms with E-state index >= 15 is 0 Å². The first-order valence-electron chi connectivity index (χ1n) is 5.40. The molecule has 1 heterocycles. The van der Waals surface area contributed by atoms with Crippen LogP contribution in [-0.4, -0.2) is 17.0 Å². The Balaban J connectivity index is 2.25. The summed E-state index contributed by atoms with van der Waals surface area (Å²) in [6.45, 7) is 0. The van der Waals surface area contributed by atoms with E-state index < -0.39 is 23.7 Å². The molecule has 1 unspecified atom stereocenters. The van der Waals surface area contributed by atoms with Gasteiger partial charge in [0.2, 0.25) is 0 Å². The zero-order chi connectivity index (χ0) is 13.8. The van der Waals surface area contributed by atoms with Crippen molar-refractivity contribution < 1.29 is 23.5 Å². The van der Waals surface area contributed by atoms with Crippen molar-refractivity contribution in [3.8, 4) is 0 Å². The van der Waals surface area contributed by atoms with Crippen LogP contribution in [0.5, 0.6) is 0 Å². The minimum Gasteiger partial charge on any atom is -0.479 e. The first-order valence-corrected chi connectivity index (χ1v) is 5.40. The number of hydrogen-bond donors (Lipinski definition) is 2. The molecule has 0 aliphatic carbocycles. The van der Waals surface area contributed by atoms with Crippen LogP contribution in [0.2, 0.25) is 0 Å². The molecule has 1 atom stereocenters. The molecular formula is C13H10FNO4. The molecule has 98 valence electrons. The summed E-state index contributed by atoms with van der Waals surface area (Å²) in [5, 5.41) is 11.3. The van der Waals surface area contributed by atoms with E-state index in [1.807, 2.05) is 0 Å². The molecule has 1 aromatic heterocycles. The highest BCUT2D eigenvalue weighted by Gasteiger charge is 2.25. The van der Waals surface area contributed by atoms with Crippen molar-refractivity contribution in [2.45, 2.75) is 6.04 Å². The summed E-state index contributed by atoms with van der Waals surface area (Å²) in [6.07, 6.45) is 2.46. The molecule has 0 fully saturated rings. The van der Waals surface area contributed by atoms with Crippen molar-refractivity contribution in [2.75, 3.05) is 0 Å². The van der Waals surface area contributed by atoms with Crippen LogP contribution in [0.4, 0.5) is 4.39 Å². The molecule has 0 aliphatic heterocycles. The molecule has 1 aromatic carbocycles. The van der Waals surface area contributed by atoms with E-state index in [9.17, 15) is 14.0 Å². The Morgan fingerprint density at radius 3 is 2.58 bits per heavy atom. The molecule has 1 amide bonds. The van der Waals surface area contributed by atoms with Crippen LogP contribution >= 0.6 is 0 Å². The van der Waals surface area contributed by atoms with Gasteiger partial charge >= 0.3 is 5.97 Å². The van der Waals surface area contributed by atoms with Gasteiger partial charge in [-0.1, -0.05) is 18.2 Å². The van der Waals surface area contributed by atoms with Crippen molar-refractivity contribution in [1.82, 2.24) is 5.32 Å². The van der Waals surface area contributed by atoms with Crippen molar-refractivity contribution >= 4 is 11.9 Å². The van der Waals surface area contributed by atoms with Gasteiger partial charge in [-0.05, 0) is 12.1 Å². The molecule has 0 bridgehead atoms. The number of amides is 1. The number of benzene rings is 1. The van der Waals surface area contributed by atoms with Gasteiger partial charge in [0.05, 0.1) is 11.8 Å². The summed E-state index contributed by atoms with van der Waals surface area (Å²) < 4.78 is 18.3. The van der Waals surface area contributed by atoms with E-state index in [0.29, 0.717) is 0 Å². The van der Waals surface area contributed by atoms with Crippen molar-refractivity contribution in [3.63, 3.8) is 0 Å². The molecule has 2 N–H and O–H groups in total. The highest BCUT2D eigenvalue weighted by molar-refractivity contribution is 5.96. The molecule has 0 spiro atoms. The fourth-order valence-electron chi connectivity index (χ4n) is 1.59. The molecule has 6 heteroatoms. The number of nitrogens with one attached hydrogen (secondary N) is 1. The Labute approximate surface area is 107 Å². The number of carboxylic acid groups (broad SMARTS) is 1. The molecule has 0 aliphatic rings. The normalized spacial score (nSPS) is 11.8. The Bertz CT molecular complexity index is 594. The van der Waals surface area contributed by atoms with E-state index in [-0.39, 0.29) is 11.1 Å². The van der Waals surface area contributed by atoms with Gasteiger partial charge in [0.1, 0.15) is 12.1 Å². The van der Waals surface area contributed by atoms with E-state index in [1.54, 1.807) is 0 Å². The second-order valence-electron chi connectivity index (χ2n) is 3.78. The number of carbonyl (C=O) groups excluding carboxylic acids is 1. The van der Waals surface area contributed by atoms with E-state index in [2.05, 4.69) is 5.32 Å². The van der Waals surface area contributed by atoms with Gasteiger partial charge in [0.15, 0.2) is 6.04 Å². The van der Waals surface area contributed by atoms with Crippen molar-refractivity contribution in [2.24, 2.45) is 0 Å². The van der Waals surface area contributed by atoms with Crippen LogP contribution in [0.3, 0.4) is 0 Å². The standard InChI is InChI=1S/C13H10FNO4/c14-10-4-2-1-3-9(10)11(13(17)18)15-12(16)8-5-6-19-7-8/h1-7,11H,(H,15,16)(H,17,18). The zero-order valence-corrected chi connectivity index (χ0v) is 9.67. The van der Waals surface area contributed by atoms with Crippen LogP contribution in [0, 0.1) is 5.82 Å². The van der Waals surface area contributed by atoms with Gasteiger partial charge in [-0.15, -0.1) is 0 Å². The lowest BCUT2D eigenvalue weighted by atomic mass is 10.1. The molecule has 2 aromatic rings. The van der Waals surface area contributed by atoms with Gasteiger partial charge in [0, 0.05) is 5.56 Å². The van der Waals surface area contributed by atoms with Gasteiger partial charge in [-0.3, -0.25) is 4.79 Å². The van der Waals surface area contributed by atoms with Crippen LogP contribution in [0.15, 0.2) is 47.3 Å². The lowest BCUT2D eigenvalue weighted by Gasteiger charge is -2.14. The third-order valence-corrected chi connectivity index (χ3v) is 2.52. The van der Waals surface area contributed by atoms with Crippen LogP contribution < -0.4 is 5.32 Å². The SMILES string of the molecule is O=C(NC(C(=O)O)c1ccccc1F)c1ccoc1. The predicted molar refractivity (Wildman–Crippen MR) is 63.0 cm³/mol. The summed E-state index contributed by atoms with van der Waals surface area (Å²) in [5.41, 5.74) is 0.0643. The van der Waals surface area contributed by atoms with E-state index in [1.165, 1.54) is 36.8 Å². The molecule has 5 nitrogen and oxygen atoms in total. The lowest BCUT2D eigenvalue weighted by molar-refractivity contribution is -0.139. The van der Waals surface area contributed by atoms with Gasteiger partial charge in [-0.2, -0.15) is 0 Å². The topological polar surface area (TPSA) is 79.5 Å². The number of hydrogen-bond acceptors (Lipinski definition) is 3. The summed E-state index contributed by atoms with van der Waals surface area (Å²) >= 11 is 0. The van der Waals surface area contributed by atoms with Crippen molar-refractivity contribution in [1.29, 1.82) is 0 Å². The first kappa shape index (κ1) is 12.8. The number of furan rings is 1. The minimum atomic E-state index is -1.46. The summed E-state index contributed by atoms with van der Waals surface area (Å²) in [5.74, 6) is -2.69. The Hall–Kier alpha value is -2.63. The fraction of sp³-hybridized carbons (Fsp3) is 0.0769. The van der Waals surface area contributed by atoms with Crippen LogP contribution in [-0.2, 0) is 4.79 Å². The number of carboxylic acids is 1. The average Bonchev–Trinajstić information content (AvgIpc) is 2.90. The second kappa shape index (κ2) is 5.34. The van der Waals surface area contributed by atoms with Crippen LogP contribution in [0.1, 0.15) is 22.0 Å². The first-order chi connectivity index (χ1) is 9.09. The minimum absolute atomic E-state index is 0.105. The smallest absolute Gasteiger partial charge is 0.331 e. The molecule has 0 saturated carbocycles. The molecule has 0 radical (unpaired) electrons. The largest absolute Gasteiger partial charge is 0.479 e. The number of halogens is 1. The Kier molecular flexibility index (Phi) is 3.61. The quantitative estimate of drug-likeness (QED) is 0.883. The third kappa shape index (κ3) is 2.79. The Morgan fingerprint density at radius 1 is 1.26 bits per heavy atom. The van der Waals surface area contributed by atoms with E-state index in [4.69, 9.17) is 9.52 Å². The van der Waals surface area contributed by atoms with Crippen molar-refractivity contribution in [3.05, 3.63) is 59.8 Å². The highest BCUT2D eigenvalue weighted by atomic mass is 19.1. The molecule has 19 heavy (non-hydrogen) atoms. The zero-order valence-electron chi connectivity index (χ0n) is 9.67. The monoisotopic (exact) mass is 263 g/mol. The fourth-order valence-corrected chi connectivity index (χ4v) is 1.59. The maximum absolute atomic E-state index is 13.6. The Morgan fingerprint density at radius 2 is 2.00 bits per heavy atom. The predicted octanol–water partition coefficient (Wildman–Crippen LogP) is 1.97. The number of rotatable bonds is 4. The summed E-state index contributed by atoms with van der Waals surface area (Å²) in [7, 11) is 0. The van der Waals surface area contributed by atoms with Gasteiger partial charge < -0.3 is 14.8 Å². The number of aliphatic carboxylic acids is 1. The third-order valence-electron chi connectivity index (χ3n) is 2.52. The summed E-state index contributed by atoms with van der Waals surface area (Å²) in [4.78, 5) is 22.9.